The van der Waals surface area contributed by atoms with Crippen molar-refractivity contribution in [1.82, 2.24) is 19.6 Å². The van der Waals surface area contributed by atoms with Crippen molar-refractivity contribution in [2.45, 2.75) is 6.54 Å². The van der Waals surface area contributed by atoms with E-state index < -0.39 is 0 Å². The molecule has 0 fully saturated rings. The third-order valence-corrected chi connectivity index (χ3v) is 2.72. The SMILES string of the molecule is Clc1cc(NCc2cccnc2)n2nccc2n1. The molecule has 0 aromatic carbocycles. The van der Waals surface area contributed by atoms with Gasteiger partial charge in [-0.2, -0.15) is 9.61 Å². The van der Waals surface area contributed by atoms with Crippen molar-refractivity contribution in [3.63, 3.8) is 0 Å². The first-order valence-corrected chi connectivity index (χ1v) is 5.84. The zero-order chi connectivity index (χ0) is 12.4. The average molecular weight is 260 g/mol. The van der Waals surface area contributed by atoms with Crippen molar-refractivity contribution in [2.24, 2.45) is 0 Å². The second-order valence-electron chi connectivity index (χ2n) is 3.78. The van der Waals surface area contributed by atoms with Crippen LogP contribution in [-0.4, -0.2) is 19.6 Å². The minimum atomic E-state index is 0.441. The van der Waals surface area contributed by atoms with Crippen LogP contribution in [0.1, 0.15) is 5.56 Å². The topological polar surface area (TPSA) is 55.1 Å². The largest absolute Gasteiger partial charge is 0.366 e. The van der Waals surface area contributed by atoms with Crippen LogP contribution in [0.4, 0.5) is 5.82 Å². The predicted octanol–water partition coefficient (Wildman–Crippen LogP) is 2.39. The van der Waals surface area contributed by atoms with Gasteiger partial charge in [-0.3, -0.25) is 4.98 Å². The molecule has 0 aliphatic carbocycles. The molecule has 0 amide bonds. The molecule has 0 aliphatic rings. The summed E-state index contributed by atoms with van der Waals surface area (Å²) in [5.74, 6) is 0.804. The van der Waals surface area contributed by atoms with Gasteiger partial charge in [0.1, 0.15) is 11.0 Å². The number of halogens is 1. The van der Waals surface area contributed by atoms with Gasteiger partial charge < -0.3 is 5.32 Å². The second kappa shape index (κ2) is 4.62. The second-order valence-corrected chi connectivity index (χ2v) is 4.17. The van der Waals surface area contributed by atoms with Crippen LogP contribution in [-0.2, 0) is 6.54 Å². The number of aromatic nitrogens is 4. The van der Waals surface area contributed by atoms with E-state index in [2.05, 4.69) is 20.4 Å². The third kappa shape index (κ3) is 2.12. The molecule has 90 valence electrons. The molecule has 3 heterocycles. The lowest BCUT2D eigenvalue weighted by atomic mass is 10.3. The van der Waals surface area contributed by atoms with Crippen LogP contribution >= 0.6 is 11.6 Å². The lowest BCUT2D eigenvalue weighted by molar-refractivity contribution is 0.924. The van der Waals surface area contributed by atoms with Crippen molar-refractivity contribution in [1.29, 1.82) is 0 Å². The van der Waals surface area contributed by atoms with Crippen LogP contribution in [0.15, 0.2) is 42.9 Å². The van der Waals surface area contributed by atoms with Crippen molar-refractivity contribution >= 4 is 23.1 Å². The van der Waals surface area contributed by atoms with Gasteiger partial charge in [-0.15, -0.1) is 0 Å². The zero-order valence-electron chi connectivity index (χ0n) is 9.42. The average Bonchev–Trinajstić information content (AvgIpc) is 2.85. The van der Waals surface area contributed by atoms with Crippen LogP contribution in [0.5, 0.6) is 0 Å². The Morgan fingerprint density at radius 2 is 2.22 bits per heavy atom. The maximum absolute atomic E-state index is 5.96. The van der Waals surface area contributed by atoms with Crippen LogP contribution in [0.3, 0.4) is 0 Å². The van der Waals surface area contributed by atoms with Gasteiger partial charge in [0.15, 0.2) is 5.65 Å². The van der Waals surface area contributed by atoms with E-state index in [-0.39, 0.29) is 0 Å². The van der Waals surface area contributed by atoms with Crippen molar-refractivity contribution < 1.29 is 0 Å². The Labute approximate surface area is 108 Å². The molecule has 0 bridgehead atoms. The van der Waals surface area contributed by atoms with E-state index in [1.165, 1.54) is 0 Å². The monoisotopic (exact) mass is 259 g/mol. The molecule has 3 aromatic rings. The standard InChI is InChI=1S/C12H10ClN5/c13-10-6-12(18-11(17-10)3-5-16-18)15-8-9-2-1-4-14-7-9/h1-7,15H,8H2. The van der Waals surface area contributed by atoms with Gasteiger partial charge in [-0.25, -0.2) is 4.98 Å². The number of nitrogens with one attached hydrogen (secondary N) is 1. The van der Waals surface area contributed by atoms with Crippen molar-refractivity contribution in [2.75, 3.05) is 5.32 Å². The minimum absolute atomic E-state index is 0.441. The summed E-state index contributed by atoms with van der Waals surface area (Å²) in [6, 6.07) is 7.46. The van der Waals surface area contributed by atoms with Gasteiger partial charge >= 0.3 is 0 Å². The molecule has 0 saturated heterocycles. The molecule has 3 aromatic heterocycles. The Kier molecular flexibility index (Phi) is 2.82. The number of fused-ring (bicyclic) bond motifs is 1. The highest BCUT2D eigenvalue weighted by atomic mass is 35.5. The predicted molar refractivity (Wildman–Crippen MR) is 69.6 cm³/mol. The normalized spacial score (nSPS) is 10.7. The Hall–Kier alpha value is -2.14. The Morgan fingerprint density at radius 1 is 1.28 bits per heavy atom. The first kappa shape index (κ1) is 11.0. The van der Waals surface area contributed by atoms with Crippen LogP contribution in [0.25, 0.3) is 5.65 Å². The van der Waals surface area contributed by atoms with Crippen LogP contribution in [0, 0.1) is 0 Å². The van der Waals surface area contributed by atoms with E-state index in [1.807, 2.05) is 18.3 Å². The summed E-state index contributed by atoms with van der Waals surface area (Å²) >= 11 is 5.96. The molecule has 0 aliphatic heterocycles. The quantitative estimate of drug-likeness (QED) is 0.734. The number of pyridine rings is 1. The van der Waals surface area contributed by atoms with E-state index in [4.69, 9.17) is 11.6 Å². The van der Waals surface area contributed by atoms with Crippen molar-refractivity contribution in [3.8, 4) is 0 Å². The highest BCUT2D eigenvalue weighted by Crippen LogP contribution is 2.16. The summed E-state index contributed by atoms with van der Waals surface area (Å²) in [6.45, 7) is 0.656. The molecule has 18 heavy (non-hydrogen) atoms. The summed E-state index contributed by atoms with van der Waals surface area (Å²) in [5.41, 5.74) is 1.81. The third-order valence-electron chi connectivity index (χ3n) is 2.52. The van der Waals surface area contributed by atoms with Gasteiger partial charge in [0.25, 0.3) is 0 Å². The van der Waals surface area contributed by atoms with Gasteiger partial charge in [0.2, 0.25) is 0 Å². The fraction of sp³-hybridized carbons (Fsp3) is 0.0833. The minimum Gasteiger partial charge on any atom is -0.366 e. The maximum atomic E-state index is 5.96. The Bertz CT molecular complexity index is 665. The van der Waals surface area contributed by atoms with E-state index in [0.717, 1.165) is 17.0 Å². The lowest BCUT2D eigenvalue weighted by Crippen LogP contribution is -2.06. The van der Waals surface area contributed by atoms with Crippen LogP contribution < -0.4 is 5.32 Å². The number of hydrogen-bond donors (Lipinski definition) is 1. The molecular weight excluding hydrogens is 250 g/mol. The lowest BCUT2D eigenvalue weighted by Gasteiger charge is -2.08. The fourth-order valence-corrected chi connectivity index (χ4v) is 1.89. The molecule has 6 heteroatoms. The Morgan fingerprint density at radius 3 is 3.06 bits per heavy atom. The van der Waals surface area contributed by atoms with E-state index in [1.54, 1.807) is 29.0 Å². The molecule has 5 nitrogen and oxygen atoms in total. The molecular formula is C12H10ClN5. The zero-order valence-corrected chi connectivity index (χ0v) is 10.2. The molecule has 0 unspecified atom stereocenters. The van der Waals surface area contributed by atoms with E-state index >= 15 is 0 Å². The molecule has 0 saturated carbocycles. The summed E-state index contributed by atoms with van der Waals surface area (Å²) in [7, 11) is 0. The molecule has 0 spiro atoms. The summed E-state index contributed by atoms with van der Waals surface area (Å²) in [6.07, 6.45) is 5.25. The van der Waals surface area contributed by atoms with Gasteiger partial charge in [0.05, 0.1) is 6.20 Å². The fourth-order valence-electron chi connectivity index (χ4n) is 1.70. The van der Waals surface area contributed by atoms with Gasteiger partial charge in [-0.1, -0.05) is 17.7 Å². The van der Waals surface area contributed by atoms with Gasteiger partial charge in [-0.05, 0) is 11.6 Å². The summed E-state index contributed by atoms with van der Waals surface area (Å²) in [5, 5.41) is 7.90. The number of rotatable bonds is 3. The number of hydrogen-bond acceptors (Lipinski definition) is 4. The number of nitrogens with zero attached hydrogens (tertiary/aromatic N) is 4. The summed E-state index contributed by atoms with van der Waals surface area (Å²) in [4.78, 5) is 8.23. The highest BCUT2D eigenvalue weighted by Gasteiger charge is 2.04. The van der Waals surface area contributed by atoms with Gasteiger partial charge in [0, 0.05) is 31.1 Å². The molecule has 0 radical (unpaired) electrons. The van der Waals surface area contributed by atoms with E-state index in [0.29, 0.717) is 11.7 Å². The molecule has 3 rings (SSSR count). The first-order valence-electron chi connectivity index (χ1n) is 5.46. The first-order chi connectivity index (χ1) is 8.83. The number of anilines is 1. The smallest absolute Gasteiger partial charge is 0.159 e. The van der Waals surface area contributed by atoms with E-state index in [9.17, 15) is 0 Å². The van der Waals surface area contributed by atoms with Crippen molar-refractivity contribution in [3.05, 3.63) is 53.6 Å². The Balaban J connectivity index is 1.88. The van der Waals surface area contributed by atoms with Crippen LogP contribution in [0.2, 0.25) is 5.15 Å². The molecule has 0 atom stereocenters. The highest BCUT2D eigenvalue weighted by molar-refractivity contribution is 6.29. The summed E-state index contributed by atoms with van der Waals surface area (Å²) < 4.78 is 1.71. The molecule has 1 N–H and O–H groups in total. The maximum Gasteiger partial charge on any atom is 0.159 e.